The molecule has 1 aliphatic heterocycles. The number of hydrogen-bond donors (Lipinski definition) is 1. The number of nitriles is 1. The van der Waals surface area contributed by atoms with E-state index in [2.05, 4.69) is 5.32 Å². The molecule has 0 radical (unpaired) electrons. The fourth-order valence-electron chi connectivity index (χ4n) is 2.48. The van der Waals surface area contributed by atoms with E-state index >= 15 is 0 Å². The summed E-state index contributed by atoms with van der Waals surface area (Å²) in [6, 6.07) is 10.2. The molecule has 1 aromatic rings. The Morgan fingerprint density at radius 1 is 1.38 bits per heavy atom. The first-order valence-electron chi connectivity index (χ1n) is 7.26. The lowest BCUT2D eigenvalue weighted by atomic mass is 10.0. The Bertz CT molecular complexity index is 499. The molecule has 2 rings (SSSR count). The van der Waals surface area contributed by atoms with Crippen LogP contribution in [0, 0.1) is 11.3 Å². The molecule has 21 heavy (non-hydrogen) atoms. The van der Waals surface area contributed by atoms with Gasteiger partial charge in [0.25, 0.3) is 0 Å². The molecule has 0 unspecified atom stereocenters. The van der Waals surface area contributed by atoms with Gasteiger partial charge in [-0.2, -0.15) is 5.26 Å². The van der Waals surface area contributed by atoms with E-state index in [0.29, 0.717) is 6.04 Å². The third-order valence-electron chi connectivity index (χ3n) is 3.76. The van der Waals surface area contributed by atoms with Gasteiger partial charge in [0.1, 0.15) is 11.8 Å². The summed E-state index contributed by atoms with van der Waals surface area (Å²) in [4.78, 5) is 13.2. The van der Waals surface area contributed by atoms with Crippen molar-refractivity contribution in [2.24, 2.45) is 0 Å². The summed E-state index contributed by atoms with van der Waals surface area (Å²) < 4.78 is 5.22. The van der Waals surface area contributed by atoms with Crippen LogP contribution in [-0.4, -0.2) is 36.5 Å². The molecule has 0 atom stereocenters. The van der Waals surface area contributed by atoms with E-state index in [4.69, 9.17) is 10.00 Å². The van der Waals surface area contributed by atoms with E-state index in [1.165, 1.54) is 5.56 Å². The van der Waals surface area contributed by atoms with Crippen LogP contribution in [0.3, 0.4) is 0 Å². The quantitative estimate of drug-likeness (QED) is 0.895. The number of piperidine rings is 1. The van der Waals surface area contributed by atoms with Crippen molar-refractivity contribution in [2.45, 2.75) is 32.4 Å². The molecule has 1 saturated heterocycles. The van der Waals surface area contributed by atoms with Crippen LogP contribution in [0.4, 0.5) is 0 Å². The topological polar surface area (TPSA) is 65.4 Å². The SMILES string of the molecule is CC(=O)N1CCC(NCc2ccc(OCC#N)cc2)CC1. The van der Waals surface area contributed by atoms with E-state index in [1.807, 2.05) is 35.2 Å². The Balaban J connectivity index is 1.74. The molecule has 0 aromatic heterocycles. The largest absolute Gasteiger partial charge is 0.479 e. The van der Waals surface area contributed by atoms with Crippen LogP contribution in [0.2, 0.25) is 0 Å². The van der Waals surface area contributed by atoms with Crippen LogP contribution in [0.15, 0.2) is 24.3 Å². The number of rotatable bonds is 5. The zero-order valence-electron chi connectivity index (χ0n) is 12.3. The number of nitrogens with one attached hydrogen (secondary N) is 1. The Morgan fingerprint density at radius 3 is 2.62 bits per heavy atom. The number of carbonyl (C=O) groups excluding carboxylic acids is 1. The normalized spacial score (nSPS) is 15.5. The molecule has 0 bridgehead atoms. The smallest absolute Gasteiger partial charge is 0.219 e. The van der Waals surface area contributed by atoms with Gasteiger partial charge in [-0.15, -0.1) is 0 Å². The summed E-state index contributed by atoms with van der Waals surface area (Å²) >= 11 is 0. The van der Waals surface area contributed by atoms with Gasteiger partial charge in [-0.05, 0) is 30.5 Å². The van der Waals surface area contributed by atoms with Crippen molar-refractivity contribution in [1.82, 2.24) is 10.2 Å². The number of ether oxygens (including phenoxy) is 1. The predicted octanol–water partition coefficient (Wildman–Crippen LogP) is 1.69. The Morgan fingerprint density at radius 2 is 2.05 bits per heavy atom. The molecule has 1 heterocycles. The predicted molar refractivity (Wildman–Crippen MR) is 79.7 cm³/mol. The van der Waals surface area contributed by atoms with Crippen LogP contribution >= 0.6 is 0 Å². The van der Waals surface area contributed by atoms with Crippen LogP contribution in [0.5, 0.6) is 5.75 Å². The van der Waals surface area contributed by atoms with Gasteiger partial charge in [0.05, 0.1) is 0 Å². The number of nitrogens with zero attached hydrogens (tertiary/aromatic N) is 2. The molecule has 0 saturated carbocycles. The zero-order valence-corrected chi connectivity index (χ0v) is 12.3. The first-order chi connectivity index (χ1) is 10.2. The lowest BCUT2D eigenvalue weighted by molar-refractivity contribution is -0.129. The van der Waals surface area contributed by atoms with Crippen molar-refractivity contribution in [2.75, 3.05) is 19.7 Å². The van der Waals surface area contributed by atoms with E-state index in [-0.39, 0.29) is 12.5 Å². The fourth-order valence-corrected chi connectivity index (χ4v) is 2.48. The monoisotopic (exact) mass is 287 g/mol. The molecular weight excluding hydrogens is 266 g/mol. The van der Waals surface area contributed by atoms with Crippen LogP contribution in [-0.2, 0) is 11.3 Å². The van der Waals surface area contributed by atoms with Gasteiger partial charge in [-0.1, -0.05) is 12.1 Å². The third-order valence-corrected chi connectivity index (χ3v) is 3.76. The number of amides is 1. The van der Waals surface area contributed by atoms with Gasteiger partial charge in [-0.25, -0.2) is 0 Å². The summed E-state index contributed by atoms with van der Waals surface area (Å²) in [5, 5.41) is 12.0. The maximum atomic E-state index is 11.3. The average molecular weight is 287 g/mol. The lowest BCUT2D eigenvalue weighted by Gasteiger charge is -2.31. The van der Waals surface area contributed by atoms with Gasteiger partial charge in [0, 0.05) is 32.6 Å². The molecule has 5 nitrogen and oxygen atoms in total. The maximum Gasteiger partial charge on any atom is 0.219 e. The minimum atomic E-state index is 0.0757. The molecule has 0 aliphatic carbocycles. The molecule has 1 aliphatic rings. The second kappa shape index (κ2) is 7.65. The van der Waals surface area contributed by atoms with Crippen molar-refractivity contribution < 1.29 is 9.53 Å². The number of hydrogen-bond acceptors (Lipinski definition) is 4. The highest BCUT2D eigenvalue weighted by atomic mass is 16.5. The molecule has 1 amide bonds. The Kier molecular flexibility index (Phi) is 5.59. The summed E-state index contributed by atoms with van der Waals surface area (Å²) in [7, 11) is 0. The van der Waals surface area contributed by atoms with Gasteiger partial charge >= 0.3 is 0 Å². The number of benzene rings is 1. The zero-order chi connectivity index (χ0) is 15.1. The molecule has 1 fully saturated rings. The van der Waals surface area contributed by atoms with Crippen molar-refractivity contribution in [3.8, 4) is 11.8 Å². The average Bonchev–Trinajstić information content (AvgIpc) is 2.52. The minimum absolute atomic E-state index is 0.0757. The highest BCUT2D eigenvalue weighted by Crippen LogP contribution is 2.14. The van der Waals surface area contributed by atoms with Crippen molar-refractivity contribution in [1.29, 1.82) is 5.26 Å². The Labute approximate surface area is 125 Å². The molecular formula is C16H21N3O2. The van der Waals surface area contributed by atoms with E-state index in [1.54, 1.807) is 6.92 Å². The summed E-state index contributed by atoms with van der Waals surface area (Å²) in [6.45, 7) is 4.20. The van der Waals surface area contributed by atoms with E-state index < -0.39 is 0 Å². The second-order valence-electron chi connectivity index (χ2n) is 5.25. The highest BCUT2D eigenvalue weighted by molar-refractivity contribution is 5.73. The van der Waals surface area contributed by atoms with Gasteiger partial charge in [0.2, 0.25) is 5.91 Å². The van der Waals surface area contributed by atoms with Gasteiger partial charge < -0.3 is 15.0 Å². The second-order valence-corrected chi connectivity index (χ2v) is 5.25. The molecule has 1 N–H and O–H groups in total. The Hall–Kier alpha value is -2.06. The summed E-state index contributed by atoms with van der Waals surface area (Å²) in [5.41, 5.74) is 1.19. The summed E-state index contributed by atoms with van der Waals surface area (Å²) in [5.74, 6) is 0.886. The minimum Gasteiger partial charge on any atom is -0.479 e. The fraction of sp³-hybridized carbons (Fsp3) is 0.500. The first-order valence-corrected chi connectivity index (χ1v) is 7.26. The highest BCUT2D eigenvalue weighted by Gasteiger charge is 2.19. The van der Waals surface area contributed by atoms with Crippen molar-refractivity contribution in [3.63, 3.8) is 0 Å². The summed E-state index contributed by atoms with van der Waals surface area (Å²) in [6.07, 6.45) is 2.01. The molecule has 112 valence electrons. The van der Waals surface area contributed by atoms with E-state index in [9.17, 15) is 4.79 Å². The number of likely N-dealkylation sites (tertiary alicyclic amines) is 1. The van der Waals surface area contributed by atoms with Gasteiger partial charge in [-0.3, -0.25) is 4.79 Å². The first kappa shape index (κ1) is 15.3. The van der Waals surface area contributed by atoms with Crippen LogP contribution < -0.4 is 10.1 Å². The third kappa shape index (κ3) is 4.76. The van der Waals surface area contributed by atoms with E-state index in [0.717, 1.165) is 38.2 Å². The molecule has 1 aromatic carbocycles. The standard InChI is InChI=1S/C16H21N3O2/c1-13(20)19-9-6-15(7-10-19)18-12-14-2-4-16(5-3-14)21-11-8-17/h2-5,15,18H,6-7,9-12H2,1H3. The molecule has 0 spiro atoms. The van der Waals surface area contributed by atoms with Crippen molar-refractivity contribution >= 4 is 5.91 Å². The lowest BCUT2D eigenvalue weighted by Crippen LogP contribution is -2.43. The maximum absolute atomic E-state index is 11.3. The molecule has 5 heteroatoms. The van der Waals surface area contributed by atoms with Crippen LogP contribution in [0.25, 0.3) is 0 Å². The van der Waals surface area contributed by atoms with Crippen molar-refractivity contribution in [3.05, 3.63) is 29.8 Å². The van der Waals surface area contributed by atoms with Crippen LogP contribution in [0.1, 0.15) is 25.3 Å². The van der Waals surface area contributed by atoms with Gasteiger partial charge in [0.15, 0.2) is 6.61 Å². The number of carbonyl (C=O) groups is 1.